The van der Waals surface area contributed by atoms with Crippen molar-refractivity contribution >= 4 is 34.1 Å². The van der Waals surface area contributed by atoms with Crippen molar-refractivity contribution in [1.29, 1.82) is 0 Å². The lowest BCUT2D eigenvalue weighted by Gasteiger charge is -2.08. The number of nitrogens with zero attached hydrogens (tertiary/aromatic N) is 1. The number of ether oxygens (including phenoxy) is 1. The van der Waals surface area contributed by atoms with E-state index >= 15 is 0 Å². The summed E-state index contributed by atoms with van der Waals surface area (Å²) in [5, 5.41) is 0.984. The molecule has 0 fully saturated rings. The minimum Gasteiger partial charge on any atom is -0.480 e. The number of rotatable bonds is 4. The molecule has 0 amide bonds. The molecule has 0 spiro atoms. The third kappa shape index (κ3) is 3.77. The number of hydrogen-bond acceptors (Lipinski definition) is 2. The van der Waals surface area contributed by atoms with Gasteiger partial charge < -0.3 is 4.74 Å². The summed E-state index contributed by atoms with van der Waals surface area (Å²) in [4.78, 5) is 4.33. The van der Waals surface area contributed by atoms with E-state index in [1.807, 2.05) is 18.2 Å². The normalized spacial score (nSPS) is 10.9. The molecule has 2 rings (SSSR count). The zero-order valence-corrected chi connectivity index (χ0v) is 12.0. The molecule has 0 unspecified atom stereocenters. The summed E-state index contributed by atoms with van der Waals surface area (Å²) < 4.78 is 5.44. The predicted octanol–water partition coefficient (Wildman–Crippen LogP) is 4.67. The van der Waals surface area contributed by atoms with Crippen molar-refractivity contribution in [1.82, 2.24) is 0 Å². The van der Waals surface area contributed by atoms with Crippen LogP contribution in [0.4, 0.5) is 5.69 Å². The molecule has 0 aromatic heterocycles. The van der Waals surface area contributed by atoms with Crippen molar-refractivity contribution in [3.8, 4) is 18.1 Å². The Morgan fingerprint density at radius 2 is 1.85 bits per heavy atom. The van der Waals surface area contributed by atoms with Gasteiger partial charge in [-0.1, -0.05) is 41.3 Å². The smallest absolute Gasteiger partial charge is 0.148 e. The topological polar surface area (TPSA) is 21.6 Å². The Kier molecular flexibility index (Phi) is 5.06. The monoisotopic (exact) mass is 303 g/mol. The fourth-order valence-corrected chi connectivity index (χ4v) is 1.95. The second kappa shape index (κ2) is 7.00. The summed E-state index contributed by atoms with van der Waals surface area (Å²) in [6, 6.07) is 14.4. The third-order valence-corrected chi connectivity index (χ3v) is 3.01. The molecular weight excluding hydrogens is 293 g/mol. The Morgan fingerprint density at radius 1 is 1.15 bits per heavy atom. The maximum atomic E-state index is 6.25. The SMILES string of the molecule is C#CCOc1ccccc1C(Cl)=Nc1ccc(Cl)cc1. The largest absolute Gasteiger partial charge is 0.480 e. The molecule has 0 aliphatic carbocycles. The van der Waals surface area contributed by atoms with E-state index in [0.717, 1.165) is 0 Å². The Morgan fingerprint density at radius 3 is 2.55 bits per heavy atom. The number of para-hydroxylation sites is 1. The van der Waals surface area contributed by atoms with Crippen molar-refractivity contribution in [2.45, 2.75) is 0 Å². The van der Waals surface area contributed by atoms with Gasteiger partial charge in [0.05, 0.1) is 11.3 Å². The zero-order chi connectivity index (χ0) is 14.4. The highest BCUT2D eigenvalue weighted by molar-refractivity contribution is 6.70. The van der Waals surface area contributed by atoms with Gasteiger partial charge in [-0.2, -0.15) is 0 Å². The summed E-state index contributed by atoms with van der Waals surface area (Å²) in [5.74, 6) is 3.02. The van der Waals surface area contributed by atoms with Gasteiger partial charge in [-0.15, -0.1) is 6.42 Å². The molecule has 0 saturated heterocycles. The summed E-state index contributed by atoms with van der Waals surface area (Å²) in [7, 11) is 0. The third-order valence-electron chi connectivity index (χ3n) is 2.47. The second-order valence-electron chi connectivity index (χ2n) is 3.87. The molecule has 0 aliphatic rings. The van der Waals surface area contributed by atoms with Crippen molar-refractivity contribution < 1.29 is 4.74 Å². The van der Waals surface area contributed by atoms with E-state index in [1.54, 1.807) is 30.3 Å². The molecular formula is C16H11Cl2NO. The van der Waals surface area contributed by atoms with Crippen LogP contribution in [0.2, 0.25) is 5.02 Å². The van der Waals surface area contributed by atoms with Crippen LogP contribution in [0.5, 0.6) is 5.75 Å². The minimum atomic E-state index is 0.183. The van der Waals surface area contributed by atoms with Gasteiger partial charge in [0, 0.05) is 5.02 Å². The van der Waals surface area contributed by atoms with Crippen molar-refractivity contribution in [3.63, 3.8) is 0 Å². The van der Waals surface area contributed by atoms with Crippen LogP contribution in [0.1, 0.15) is 5.56 Å². The van der Waals surface area contributed by atoms with E-state index < -0.39 is 0 Å². The molecule has 0 bridgehead atoms. The first-order valence-electron chi connectivity index (χ1n) is 5.86. The average molecular weight is 304 g/mol. The van der Waals surface area contributed by atoms with Crippen LogP contribution in [-0.2, 0) is 0 Å². The summed E-state index contributed by atoms with van der Waals surface area (Å²) in [6.45, 7) is 0.183. The fraction of sp³-hybridized carbons (Fsp3) is 0.0625. The highest BCUT2D eigenvalue weighted by Crippen LogP contribution is 2.24. The van der Waals surface area contributed by atoms with Crippen LogP contribution in [0.15, 0.2) is 53.5 Å². The lowest BCUT2D eigenvalue weighted by atomic mass is 10.2. The van der Waals surface area contributed by atoms with E-state index in [1.165, 1.54) is 0 Å². The quantitative estimate of drug-likeness (QED) is 0.594. The van der Waals surface area contributed by atoms with Crippen LogP contribution in [0.3, 0.4) is 0 Å². The van der Waals surface area contributed by atoms with Crippen molar-refractivity contribution in [2.24, 2.45) is 4.99 Å². The van der Waals surface area contributed by atoms with E-state index in [2.05, 4.69) is 10.9 Å². The van der Waals surface area contributed by atoms with Gasteiger partial charge in [0.25, 0.3) is 0 Å². The number of terminal acetylenes is 1. The molecule has 0 heterocycles. The maximum absolute atomic E-state index is 6.25. The molecule has 4 heteroatoms. The predicted molar refractivity (Wildman–Crippen MR) is 84.3 cm³/mol. The molecule has 100 valence electrons. The van der Waals surface area contributed by atoms with Crippen LogP contribution in [0.25, 0.3) is 0 Å². The molecule has 0 saturated carbocycles. The number of hydrogen-bond donors (Lipinski definition) is 0. The average Bonchev–Trinajstić information content (AvgIpc) is 2.47. The Balaban J connectivity index is 2.30. The summed E-state index contributed by atoms with van der Waals surface area (Å²) >= 11 is 12.1. The first-order chi connectivity index (χ1) is 9.70. The first-order valence-corrected chi connectivity index (χ1v) is 6.61. The fourth-order valence-electron chi connectivity index (χ4n) is 1.57. The highest BCUT2D eigenvalue weighted by atomic mass is 35.5. The summed E-state index contributed by atoms with van der Waals surface area (Å²) in [6.07, 6.45) is 5.19. The van der Waals surface area contributed by atoms with Gasteiger partial charge in [0.1, 0.15) is 17.5 Å². The molecule has 0 atom stereocenters. The molecule has 0 N–H and O–H groups in total. The van der Waals surface area contributed by atoms with Gasteiger partial charge in [0.2, 0.25) is 0 Å². The molecule has 2 aromatic carbocycles. The highest BCUT2D eigenvalue weighted by Gasteiger charge is 2.07. The Bertz CT molecular complexity index is 657. The zero-order valence-electron chi connectivity index (χ0n) is 10.5. The van der Waals surface area contributed by atoms with Crippen molar-refractivity contribution in [2.75, 3.05) is 6.61 Å². The molecule has 2 aromatic rings. The van der Waals surface area contributed by atoms with E-state index in [4.69, 9.17) is 34.4 Å². The lowest BCUT2D eigenvalue weighted by Crippen LogP contribution is -2.00. The number of aliphatic imine (C=N–C) groups is 1. The standard InChI is InChI=1S/C16H11Cl2NO/c1-2-11-20-15-6-4-3-5-14(15)16(18)19-13-9-7-12(17)8-10-13/h1,3-10H,11H2. The van der Waals surface area contributed by atoms with E-state index in [0.29, 0.717) is 27.2 Å². The first kappa shape index (κ1) is 14.5. The van der Waals surface area contributed by atoms with Crippen molar-refractivity contribution in [3.05, 3.63) is 59.1 Å². The van der Waals surface area contributed by atoms with Crippen LogP contribution < -0.4 is 4.74 Å². The van der Waals surface area contributed by atoms with Gasteiger partial charge in [-0.3, -0.25) is 0 Å². The van der Waals surface area contributed by atoms with E-state index in [-0.39, 0.29) is 6.61 Å². The van der Waals surface area contributed by atoms with E-state index in [9.17, 15) is 0 Å². The van der Waals surface area contributed by atoms with Gasteiger partial charge >= 0.3 is 0 Å². The molecule has 20 heavy (non-hydrogen) atoms. The summed E-state index contributed by atoms with van der Waals surface area (Å²) in [5.41, 5.74) is 1.41. The Hall–Kier alpha value is -1.95. The molecule has 0 radical (unpaired) electrons. The lowest BCUT2D eigenvalue weighted by molar-refractivity contribution is 0.370. The molecule has 0 aliphatic heterocycles. The Labute approximate surface area is 128 Å². The minimum absolute atomic E-state index is 0.183. The van der Waals surface area contributed by atoms with Gasteiger partial charge in [-0.05, 0) is 36.4 Å². The van der Waals surface area contributed by atoms with Crippen LogP contribution in [0, 0.1) is 12.3 Å². The number of halogens is 2. The number of benzene rings is 2. The van der Waals surface area contributed by atoms with Crippen LogP contribution >= 0.6 is 23.2 Å². The maximum Gasteiger partial charge on any atom is 0.148 e. The second-order valence-corrected chi connectivity index (χ2v) is 4.66. The van der Waals surface area contributed by atoms with Crippen LogP contribution in [-0.4, -0.2) is 11.8 Å². The van der Waals surface area contributed by atoms with Gasteiger partial charge in [0.15, 0.2) is 0 Å². The molecule has 2 nitrogen and oxygen atoms in total. The van der Waals surface area contributed by atoms with Gasteiger partial charge in [-0.25, -0.2) is 4.99 Å².